The topological polar surface area (TPSA) is 53.4 Å². The molecule has 0 aromatic carbocycles. The third kappa shape index (κ3) is 2.90. The molecule has 0 radical (unpaired) electrons. The highest BCUT2D eigenvalue weighted by molar-refractivity contribution is 5.85. The monoisotopic (exact) mass is 192 g/mol. The quantitative estimate of drug-likeness (QED) is 0.732. The molecule has 0 fully saturated rings. The number of pyridine rings is 1. The fourth-order valence-electron chi connectivity index (χ4n) is 0.963. The summed E-state index contributed by atoms with van der Waals surface area (Å²) < 4.78 is 0. The molecule has 1 heterocycles. The maximum atomic E-state index is 10.3. The highest BCUT2D eigenvalue weighted by Gasteiger charge is 1.96. The van der Waals surface area contributed by atoms with Crippen LogP contribution in [-0.2, 0) is 4.79 Å². The molecule has 4 nitrogen and oxygen atoms in total. The largest absolute Gasteiger partial charge is 0.478 e. The standard InChI is InChI=1S/C10H12N2O2/c1-12(2)9-5-6-11-8(7-9)3-4-10(13)14/h3-7H,1-2H3,(H,13,14)/b4-3+. The molecule has 1 aromatic rings. The molecular weight excluding hydrogens is 180 g/mol. The SMILES string of the molecule is CN(C)c1ccnc(/C=C/C(=O)O)c1. The van der Waals surface area contributed by atoms with Crippen molar-refractivity contribution in [2.24, 2.45) is 0 Å². The van der Waals surface area contributed by atoms with Crippen LogP contribution in [0.15, 0.2) is 24.4 Å². The average Bonchev–Trinajstić information content (AvgIpc) is 2.15. The number of aliphatic carboxylic acids is 1. The summed E-state index contributed by atoms with van der Waals surface area (Å²) in [6.07, 6.45) is 4.19. The molecule has 0 aliphatic heterocycles. The Morgan fingerprint density at radius 3 is 2.86 bits per heavy atom. The summed E-state index contributed by atoms with van der Waals surface area (Å²) in [5.41, 5.74) is 1.63. The van der Waals surface area contributed by atoms with Crippen molar-refractivity contribution in [1.29, 1.82) is 0 Å². The van der Waals surface area contributed by atoms with Gasteiger partial charge in [-0.25, -0.2) is 4.79 Å². The van der Waals surface area contributed by atoms with Crippen molar-refractivity contribution in [2.45, 2.75) is 0 Å². The van der Waals surface area contributed by atoms with Crippen LogP contribution in [0.5, 0.6) is 0 Å². The van der Waals surface area contributed by atoms with E-state index in [1.807, 2.05) is 31.1 Å². The van der Waals surface area contributed by atoms with E-state index in [0.717, 1.165) is 11.8 Å². The highest BCUT2D eigenvalue weighted by Crippen LogP contribution is 2.11. The number of carbonyl (C=O) groups is 1. The van der Waals surface area contributed by atoms with Gasteiger partial charge in [0.15, 0.2) is 0 Å². The Bertz CT molecular complexity index is 359. The Hall–Kier alpha value is -1.84. The predicted molar refractivity (Wildman–Crippen MR) is 55.2 cm³/mol. The van der Waals surface area contributed by atoms with Crippen LogP contribution in [0, 0.1) is 0 Å². The zero-order valence-corrected chi connectivity index (χ0v) is 8.14. The number of carboxylic acid groups (broad SMARTS) is 1. The average molecular weight is 192 g/mol. The van der Waals surface area contributed by atoms with Gasteiger partial charge < -0.3 is 10.0 Å². The Morgan fingerprint density at radius 2 is 2.29 bits per heavy atom. The van der Waals surface area contributed by atoms with Gasteiger partial charge in [-0.3, -0.25) is 4.98 Å². The van der Waals surface area contributed by atoms with E-state index >= 15 is 0 Å². The van der Waals surface area contributed by atoms with Gasteiger partial charge >= 0.3 is 5.97 Å². The van der Waals surface area contributed by atoms with E-state index in [2.05, 4.69) is 4.98 Å². The van der Waals surface area contributed by atoms with Gasteiger partial charge in [-0.05, 0) is 18.2 Å². The third-order valence-corrected chi connectivity index (χ3v) is 1.68. The van der Waals surface area contributed by atoms with Gasteiger partial charge in [0, 0.05) is 32.1 Å². The van der Waals surface area contributed by atoms with Gasteiger partial charge in [0.2, 0.25) is 0 Å². The fraction of sp³-hybridized carbons (Fsp3) is 0.200. The van der Waals surface area contributed by atoms with Crippen LogP contribution in [0.4, 0.5) is 5.69 Å². The van der Waals surface area contributed by atoms with Gasteiger partial charge in [-0.1, -0.05) is 0 Å². The van der Waals surface area contributed by atoms with Gasteiger partial charge in [-0.2, -0.15) is 0 Å². The van der Waals surface area contributed by atoms with Crippen molar-refractivity contribution in [2.75, 3.05) is 19.0 Å². The summed E-state index contributed by atoms with van der Waals surface area (Å²) in [7, 11) is 3.83. The Balaban J connectivity index is 2.89. The maximum Gasteiger partial charge on any atom is 0.328 e. The molecule has 74 valence electrons. The third-order valence-electron chi connectivity index (χ3n) is 1.68. The summed E-state index contributed by atoms with van der Waals surface area (Å²) in [5, 5.41) is 8.43. The van der Waals surface area contributed by atoms with E-state index in [-0.39, 0.29) is 0 Å². The van der Waals surface area contributed by atoms with Crippen molar-refractivity contribution in [3.63, 3.8) is 0 Å². The number of hydrogen-bond acceptors (Lipinski definition) is 3. The molecule has 1 rings (SSSR count). The van der Waals surface area contributed by atoms with Crippen molar-refractivity contribution >= 4 is 17.7 Å². The van der Waals surface area contributed by atoms with Crippen LogP contribution in [0.2, 0.25) is 0 Å². The normalized spacial score (nSPS) is 10.4. The maximum absolute atomic E-state index is 10.3. The second-order valence-electron chi connectivity index (χ2n) is 3.00. The molecule has 0 bridgehead atoms. The summed E-state index contributed by atoms with van der Waals surface area (Å²) in [5.74, 6) is -0.970. The predicted octanol–water partition coefficient (Wildman–Crippen LogP) is 1.25. The lowest BCUT2D eigenvalue weighted by Crippen LogP contribution is -2.08. The van der Waals surface area contributed by atoms with Crippen LogP contribution in [0.3, 0.4) is 0 Å². The van der Waals surface area contributed by atoms with E-state index in [0.29, 0.717) is 5.69 Å². The molecule has 0 saturated heterocycles. The molecule has 14 heavy (non-hydrogen) atoms. The fourth-order valence-corrected chi connectivity index (χ4v) is 0.963. The lowest BCUT2D eigenvalue weighted by atomic mass is 10.3. The zero-order valence-electron chi connectivity index (χ0n) is 8.14. The molecule has 0 amide bonds. The van der Waals surface area contributed by atoms with Gasteiger partial charge in [0.05, 0.1) is 5.69 Å². The number of hydrogen-bond donors (Lipinski definition) is 1. The first-order valence-corrected chi connectivity index (χ1v) is 4.14. The lowest BCUT2D eigenvalue weighted by Gasteiger charge is -2.11. The molecule has 0 spiro atoms. The number of anilines is 1. The molecular formula is C10H12N2O2. The molecule has 0 atom stereocenters. The van der Waals surface area contributed by atoms with Gasteiger partial charge in [0.25, 0.3) is 0 Å². The van der Waals surface area contributed by atoms with Crippen molar-refractivity contribution in [1.82, 2.24) is 4.98 Å². The summed E-state index contributed by atoms with van der Waals surface area (Å²) in [4.78, 5) is 16.2. The summed E-state index contributed by atoms with van der Waals surface area (Å²) in [6.45, 7) is 0. The number of nitrogens with zero attached hydrogens (tertiary/aromatic N) is 2. The first-order chi connectivity index (χ1) is 6.59. The van der Waals surface area contributed by atoms with Crippen LogP contribution in [0.1, 0.15) is 5.69 Å². The van der Waals surface area contributed by atoms with Crippen molar-refractivity contribution < 1.29 is 9.90 Å². The van der Waals surface area contributed by atoms with E-state index in [9.17, 15) is 4.79 Å². The lowest BCUT2D eigenvalue weighted by molar-refractivity contribution is -0.131. The molecule has 0 saturated carbocycles. The first kappa shape index (κ1) is 10.2. The van der Waals surface area contributed by atoms with Crippen LogP contribution < -0.4 is 4.90 Å². The molecule has 0 aliphatic carbocycles. The molecule has 0 unspecified atom stereocenters. The van der Waals surface area contributed by atoms with E-state index in [1.54, 1.807) is 6.20 Å². The van der Waals surface area contributed by atoms with Crippen LogP contribution >= 0.6 is 0 Å². The summed E-state index contributed by atoms with van der Waals surface area (Å²) in [6, 6.07) is 3.68. The number of rotatable bonds is 3. The molecule has 1 N–H and O–H groups in total. The molecule has 1 aromatic heterocycles. The van der Waals surface area contributed by atoms with Crippen molar-refractivity contribution in [3.05, 3.63) is 30.1 Å². The minimum absolute atomic E-state index is 0.638. The first-order valence-electron chi connectivity index (χ1n) is 4.14. The Kier molecular flexibility index (Phi) is 3.23. The second kappa shape index (κ2) is 4.41. The Morgan fingerprint density at radius 1 is 1.57 bits per heavy atom. The Labute approximate surface area is 82.5 Å². The number of aromatic nitrogens is 1. The minimum atomic E-state index is -0.970. The molecule has 4 heteroatoms. The molecule has 0 aliphatic rings. The number of carboxylic acids is 1. The second-order valence-corrected chi connectivity index (χ2v) is 3.00. The summed E-state index contributed by atoms with van der Waals surface area (Å²) >= 11 is 0. The van der Waals surface area contributed by atoms with E-state index in [1.165, 1.54) is 6.08 Å². The van der Waals surface area contributed by atoms with E-state index < -0.39 is 5.97 Å². The minimum Gasteiger partial charge on any atom is -0.478 e. The van der Waals surface area contributed by atoms with Gasteiger partial charge in [-0.15, -0.1) is 0 Å². The van der Waals surface area contributed by atoms with Crippen LogP contribution in [0.25, 0.3) is 6.08 Å². The van der Waals surface area contributed by atoms with Gasteiger partial charge in [0.1, 0.15) is 0 Å². The highest BCUT2D eigenvalue weighted by atomic mass is 16.4. The van der Waals surface area contributed by atoms with Crippen molar-refractivity contribution in [3.8, 4) is 0 Å². The van der Waals surface area contributed by atoms with Crippen LogP contribution in [-0.4, -0.2) is 30.2 Å². The van der Waals surface area contributed by atoms with E-state index in [4.69, 9.17) is 5.11 Å². The smallest absolute Gasteiger partial charge is 0.328 e. The zero-order chi connectivity index (χ0) is 10.6.